The second-order valence-electron chi connectivity index (χ2n) is 7.15. The van der Waals surface area contributed by atoms with Crippen molar-refractivity contribution in [2.75, 3.05) is 0 Å². The molecule has 0 spiro atoms. The summed E-state index contributed by atoms with van der Waals surface area (Å²) < 4.78 is 24.4. The van der Waals surface area contributed by atoms with Crippen LogP contribution < -0.4 is 4.74 Å². The molecule has 1 saturated carbocycles. The largest absolute Gasteiger partial charge is 0.483 e. The number of carboxylic acids is 1. The highest BCUT2D eigenvalue weighted by Crippen LogP contribution is 2.34. The van der Waals surface area contributed by atoms with Gasteiger partial charge in [0.1, 0.15) is 23.4 Å². The minimum absolute atomic E-state index is 0.0850. The van der Waals surface area contributed by atoms with Crippen molar-refractivity contribution in [3.05, 3.63) is 64.5 Å². The van der Waals surface area contributed by atoms with E-state index in [0.29, 0.717) is 29.1 Å². The molecule has 0 radical (unpaired) electrons. The summed E-state index contributed by atoms with van der Waals surface area (Å²) in [5, 5.41) is 8.96. The molecular formula is C22H19FN2O4S. The number of halogens is 1. The smallest absolute Gasteiger partial charge is 0.338 e. The molecule has 0 bridgehead atoms. The Morgan fingerprint density at radius 1 is 1.27 bits per heavy atom. The quantitative estimate of drug-likeness (QED) is 0.500. The Morgan fingerprint density at radius 3 is 2.67 bits per heavy atom. The highest BCUT2D eigenvalue weighted by atomic mass is 32.1. The van der Waals surface area contributed by atoms with Gasteiger partial charge in [0.15, 0.2) is 5.78 Å². The Hall–Kier alpha value is -3.13. The molecule has 6 nitrogen and oxygen atoms in total. The van der Waals surface area contributed by atoms with Gasteiger partial charge >= 0.3 is 5.97 Å². The second-order valence-corrected chi connectivity index (χ2v) is 7.98. The summed E-state index contributed by atoms with van der Waals surface area (Å²) in [6, 6.07) is 9.18. The molecule has 1 aliphatic carbocycles. The first-order chi connectivity index (χ1) is 14.5. The number of aromatic carboxylic acids is 1. The number of carbonyl (C=O) groups is 2. The van der Waals surface area contributed by atoms with E-state index < -0.39 is 11.8 Å². The number of ether oxygens (including phenoxy) is 1. The van der Waals surface area contributed by atoms with Gasteiger partial charge in [-0.3, -0.25) is 4.79 Å². The summed E-state index contributed by atoms with van der Waals surface area (Å²) in [6.45, 7) is 1.98. The Morgan fingerprint density at radius 2 is 2.07 bits per heavy atom. The third-order valence-electron chi connectivity index (χ3n) is 4.93. The first-order valence-electron chi connectivity index (χ1n) is 9.63. The van der Waals surface area contributed by atoms with Crippen LogP contribution in [0.3, 0.4) is 0 Å². The summed E-state index contributed by atoms with van der Waals surface area (Å²) in [4.78, 5) is 28.1. The van der Waals surface area contributed by atoms with Crippen LogP contribution in [0.1, 0.15) is 58.0 Å². The lowest BCUT2D eigenvalue weighted by molar-refractivity contribution is 0.0691. The maximum absolute atomic E-state index is 14.0. The predicted octanol–water partition coefficient (Wildman–Crippen LogP) is 5.17. The average Bonchev–Trinajstić information content (AvgIpc) is 3.48. The third-order valence-corrected chi connectivity index (χ3v) is 5.81. The molecule has 1 unspecified atom stereocenters. The number of aromatic nitrogens is 2. The van der Waals surface area contributed by atoms with Crippen molar-refractivity contribution < 1.29 is 23.8 Å². The molecule has 1 aliphatic rings. The maximum atomic E-state index is 14.0. The minimum Gasteiger partial charge on any atom is -0.483 e. The summed E-state index contributed by atoms with van der Waals surface area (Å²) in [5.41, 5.74) is 1.14. The first kappa shape index (κ1) is 20.2. The Balaban J connectivity index is 1.49. The van der Waals surface area contributed by atoms with Gasteiger partial charge in [0.2, 0.25) is 0 Å². The topological polar surface area (TPSA) is 89.4 Å². The molecule has 8 heteroatoms. The van der Waals surface area contributed by atoms with Crippen LogP contribution in [-0.2, 0) is 0 Å². The third kappa shape index (κ3) is 4.23. The van der Waals surface area contributed by atoms with Gasteiger partial charge in [-0.15, -0.1) is 0 Å². The monoisotopic (exact) mass is 426 g/mol. The van der Waals surface area contributed by atoms with Crippen LogP contribution >= 0.6 is 11.5 Å². The van der Waals surface area contributed by atoms with E-state index in [4.69, 9.17) is 9.84 Å². The Kier molecular flexibility index (Phi) is 5.59. The van der Waals surface area contributed by atoms with E-state index in [1.165, 1.54) is 29.7 Å². The molecule has 0 aliphatic heterocycles. The number of hydrogen-bond donors (Lipinski definition) is 1. The van der Waals surface area contributed by atoms with Crippen molar-refractivity contribution in [1.29, 1.82) is 0 Å². The number of nitrogens with zero attached hydrogens (tertiary/aromatic N) is 2. The van der Waals surface area contributed by atoms with Crippen LogP contribution in [0.4, 0.5) is 4.39 Å². The molecule has 4 rings (SSSR count). The lowest BCUT2D eigenvalue weighted by atomic mass is 10.1. The van der Waals surface area contributed by atoms with Crippen LogP contribution in [-0.4, -0.2) is 26.2 Å². The first-order valence-corrected chi connectivity index (χ1v) is 10.4. The second kappa shape index (κ2) is 8.31. The molecule has 0 saturated heterocycles. The van der Waals surface area contributed by atoms with Crippen molar-refractivity contribution in [3.63, 3.8) is 0 Å². The van der Waals surface area contributed by atoms with Gasteiger partial charge in [0.05, 0.1) is 22.3 Å². The van der Waals surface area contributed by atoms with E-state index in [1.807, 2.05) is 13.0 Å². The Bertz CT molecular complexity index is 1090. The number of ketones is 1. The normalized spacial score (nSPS) is 14.3. The number of carbonyl (C=O) groups excluding carboxylic acids is 1. The fourth-order valence-electron chi connectivity index (χ4n) is 3.08. The van der Waals surface area contributed by atoms with Crippen molar-refractivity contribution in [2.24, 2.45) is 5.92 Å². The maximum Gasteiger partial charge on any atom is 0.338 e. The van der Waals surface area contributed by atoms with Gasteiger partial charge in [-0.2, -0.15) is 4.37 Å². The average molecular weight is 426 g/mol. The standard InChI is InChI=1S/C22H19FN2O4S/c1-2-19(29-14-6-8-17(24-11-14)21(26)12-3-4-12)20-10-18(25-30-20)13-5-7-15(22(27)28)16(23)9-13/h5-12,19H,2-4H2,1H3,(H,27,28). The number of rotatable bonds is 8. The van der Waals surface area contributed by atoms with Crippen LogP contribution in [0.15, 0.2) is 42.6 Å². The molecule has 30 heavy (non-hydrogen) atoms. The molecule has 2 heterocycles. The lowest BCUT2D eigenvalue weighted by Gasteiger charge is -2.15. The van der Waals surface area contributed by atoms with Gasteiger partial charge in [-0.1, -0.05) is 13.0 Å². The zero-order chi connectivity index (χ0) is 21.3. The van der Waals surface area contributed by atoms with Crippen molar-refractivity contribution in [3.8, 4) is 17.0 Å². The zero-order valence-electron chi connectivity index (χ0n) is 16.2. The van der Waals surface area contributed by atoms with E-state index >= 15 is 0 Å². The zero-order valence-corrected chi connectivity index (χ0v) is 17.0. The van der Waals surface area contributed by atoms with Gasteiger partial charge in [0.25, 0.3) is 0 Å². The molecule has 1 atom stereocenters. The summed E-state index contributed by atoms with van der Waals surface area (Å²) in [6.07, 6.45) is 3.84. The van der Waals surface area contributed by atoms with Gasteiger partial charge in [-0.05, 0) is 61.1 Å². The molecule has 1 N–H and O–H groups in total. The predicted molar refractivity (Wildman–Crippen MR) is 109 cm³/mol. The van der Waals surface area contributed by atoms with E-state index in [1.54, 1.807) is 18.3 Å². The summed E-state index contributed by atoms with van der Waals surface area (Å²) in [5.74, 6) is -1.35. The number of carboxylic acid groups (broad SMARTS) is 1. The Labute approximate surface area is 176 Å². The number of benzene rings is 1. The molecule has 154 valence electrons. The fraction of sp³-hybridized carbons (Fsp3) is 0.273. The molecule has 0 amide bonds. The number of hydrogen-bond acceptors (Lipinski definition) is 6. The lowest BCUT2D eigenvalue weighted by Crippen LogP contribution is -2.07. The van der Waals surface area contributed by atoms with E-state index in [-0.39, 0.29) is 23.4 Å². The van der Waals surface area contributed by atoms with E-state index in [0.717, 1.165) is 17.7 Å². The van der Waals surface area contributed by atoms with Crippen molar-refractivity contribution in [2.45, 2.75) is 32.3 Å². The van der Waals surface area contributed by atoms with Crippen molar-refractivity contribution in [1.82, 2.24) is 9.36 Å². The highest BCUT2D eigenvalue weighted by molar-refractivity contribution is 7.06. The molecule has 2 aromatic heterocycles. The van der Waals surface area contributed by atoms with Crippen LogP contribution in [0.5, 0.6) is 5.75 Å². The fourth-order valence-corrected chi connectivity index (χ4v) is 3.94. The summed E-state index contributed by atoms with van der Waals surface area (Å²) >= 11 is 1.24. The van der Waals surface area contributed by atoms with Gasteiger partial charge in [-0.25, -0.2) is 14.2 Å². The number of Topliss-reactive ketones (excluding diaryl/α,β-unsaturated/α-hetero) is 1. The molecule has 1 aromatic carbocycles. The van der Waals surface area contributed by atoms with Crippen LogP contribution in [0.2, 0.25) is 0 Å². The minimum atomic E-state index is -1.31. The molecule has 3 aromatic rings. The van der Waals surface area contributed by atoms with E-state index in [2.05, 4.69) is 9.36 Å². The molecule has 1 fully saturated rings. The van der Waals surface area contributed by atoms with Crippen LogP contribution in [0, 0.1) is 11.7 Å². The van der Waals surface area contributed by atoms with Crippen LogP contribution in [0.25, 0.3) is 11.3 Å². The van der Waals surface area contributed by atoms with E-state index in [9.17, 15) is 14.0 Å². The summed E-state index contributed by atoms with van der Waals surface area (Å²) in [7, 11) is 0. The van der Waals surface area contributed by atoms with Gasteiger partial charge in [0, 0.05) is 11.5 Å². The SMILES string of the molecule is CCC(Oc1ccc(C(=O)C2CC2)nc1)c1cc(-c2ccc(C(=O)O)c(F)c2)ns1. The highest BCUT2D eigenvalue weighted by Gasteiger charge is 2.31. The van der Waals surface area contributed by atoms with Crippen molar-refractivity contribution >= 4 is 23.3 Å². The number of pyridine rings is 1. The van der Waals surface area contributed by atoms with Gasteiger partial charge < -0.3 is 9.84 Å². The molecular weight excluding hydrogens is 407 g/mol.